The van der Waals surface area contributed by atoms with Crippen LogP contribution in [0.15, 0.2) is 47.4 Å². The predicted octanol–water partition coefficient (Wildman–Crippen LogP) is 5.28. The molecule has 0 fully saturated rings. The molecular weight excluding hydrogens is 344 g/mol. The zero-order valence-corrected chi connectivity index (χ0v) is 16.3. The quantitative estimate of drug-likeness (QED) is 0.668. The summed E-state index contributed by atoms with van der Waals surface area (Å²) in [6.07, 6.45) is 3.56. The van der Waals surface area contributed by atoms with Gasteiger partial charge in [0, 0.05) is 22.0 Å². The van der Waals surface area contributed by atoms with E-state index in [9.17, 15) is 15.3 Å². The molecule has 2 aromatic rings. The van der Waals surface area contributed by atoms with Crippen molar-refractivity contribution in [2.24, 2.45) is 5.41 Å². The summed E-state index contributed by atoms with van der Waals surface area (Å²) in [5.41, 5.74) is 1.77. The summed E-state index contributed by atoms with van der Waals surface area (Å²) >= 11 is 1.79. The third kappa shape index (κ3) is 3.58. The number of thioether (sulfide) groups is 1. The number of hydrogen-bond acceptors (Lipinski definition) is 4. The highest BCUT2D eigenvalue weighted by Crippen LogP contribution is 2.51. The third-order valence-corrected chi connectivity index (χ3v) is 7.17. The second-order valence-corrected chi connectivity index (χ2v) is 8.36. The van der Waals surface area contributed by atoms with Gasteiger partial charge in [0.1, 0.15) is 11.5 Å². The molecule has 140 valence electrons. The second-order valence-electron chi connectivity index (χ2n) is 7.34. The van der Waals surface area contributed by atoms with E-state index in [-0.39, 0.29) is 22.8 Å². The van der Waals surface area contributed by atoms with Gasteiger partial charge in [-0.15, -0.1) is 11.8 Å². The van der Waals surface area contributed by atoms with Crippen molar-refractivity contribution in [1.29, 1.82) is 0 Å². The number of aromatic hydroxyl groups is 2. The molecule has 1 aliphatic heterocycles. The normalized spacial score (nSPS) is 25.5. The van der Waals surface area contributed by atoms with Crippen LogP contribution >= 0.6 is 11.8 Å². The molecule has 4 heteroatoms. The number of fused-ring (bicyclic) bond motifs is 1. The van der Waals surface area contributed by atoms with E-state index >= 15 is 0 Å². The first-order valence-corrected chi connectivity index (χ1v) is 10.4. The molecule has 0 radical (unpaired) electrons. The molecule has 0 saturated carbocycles. The molecule has 1 heterocycles. The minimum Gasteiger partial charge on any atom is -0.508 e. The number of rotatable bonds is 5. The fourth-order valence-corrected chi connectivity index (χ4v) is 5.50. The minimum atomic E-state index is -0.542. The smallest absolute Gasteiger partial charge is 0.115 e. The van der Waals surface area contributed by atoms with Crippen LogP contribution in [0, 0.1) is 5.41 Å². The van der Waals surface area contributed by atoms with Crippen LogP contribution in [0.5, 0.6) is 11.5 Å². The lowest BCUT2D eigenvalue weighted by molar-refractivity contribution is 0.0182. The maximum absolute atomic E-state index is 11.6. The molecule has 2 aromatic carbocycles. The molecular formula is C22H28O3S. The zero-order chi connectivity index (χ0) is 18.7. The van der Waals surface area contributed by atoms with Crippen molar-refractivity contribution in [3.8, 4) is 11.5 Å². The molecule has 3 N–H and O–H groups in total. The van der Waals surface area contributed by atoms with Crippen molar-refractivity contribution in [2.45, 2.75) is 56.4 Å². The Kier molecular flexibility index (Phi) is 5.83. The van der Waals surface area contributed by atoms with Crippen molar-refractivity contribution in [1.82, 2.24) is 0 Å². The lowest BCUT2D eigenvalue weighted by Crippen LogP contribution is -2.40. The van der Waals surface area contributed by atoms with E-state index in [4.69, 9.17) is 0 Å². The summed E-state index contributed by atoms with van der Waals surface area (Å²) < 4.78 is 0. The fraction of sp³-hybridized carbons (Fsp3) is 0.455. The Morgan fingerprint density at radius 3 is 2.38 bits per heavy atom. The number of aliphatic hydroxyl groups excluding tert-OH is 1. The third-order valence-electron chi connectivity index (χ3n) is 5.77. The summed E-state index contributed by atoms with van der Waals surface area (Å²) in [5, 5.41) is 31.3. The first-order chi connectivity index (χ1) is 12.5. The van der Waals surface area contributed by atoms with Gasteiger partial charge in [-0.3, -0.25) is 0 Å². The molecule has 0 saturated heterocycles. The number of benzene rings is 2. The van der Waals surface area contributed by atoms with Gasteiger partial charge in [0.2, 0.25) is 0 Å². The van der Waals surface area contributed by atoms with E-state index in [2.05, 4.69) is 13.8 Å². The molecule has 0 aromatic heterocycles. The highest BCUT2D eigenvalue weighted by molar-refractivity contribution is 7.99. The molecule has 3 rings (SSSR count). The van der Waals surface area contributed by atoms with E-state index in [1.54, 1.807) is 36.0 Å². The number of unbranched alkanes of at least 4 members (excludes halogenated alkanes) is 1. The van der Waals surface area contributed by atoms with Crippen LogP contribution < -0.4 is 0 Å². The van der Waals surface area contributed by atoms with Gasteiger partial charge in [0.15, 0.2) is 0 Å². The highest BCUT2D eigenvalue weighted by atomic mass is 32.2. The van der Waals surface area contributed by atoms with Crippen molar-refractivity contribution in [2.75, 3.05) is 5.75 Å². The molecule has 3 nitrogen and oxygen atoms in total. The van der Waals surface area contributed by atoms with Gasteiger partial charge in [0.05, 0.1) is 6.10 Å². The van der Waals surface area contributed by atoms with E-state index < -0.39 is 6.10 Å². The molecule has 0 spiro atoms. The fourth-order valence-electron chi connectivity index (χ4n) is 4.02. The Morgan fingerprint density at radius 2 is 1.73 bits per heavy atom. The van der Waals surface area contributed by atoms with Crippen LogP contribution in [0.2, 0.25) is 0 Å². The zero-order valence-electron chi connectivity index (χ0n) is 15.5. The van der Waals surface area contributed by atoms with Gasteiger partial charge in [0.25, 0.3) is 0 Å². The lowest BCUT2D eigenvalue weighted by atomic mass is 9.69. The van der Waals surface area contributed by atoms with Gasteiger partial charge in [-0.25, -0.2) is 0 Å². The van der Waals surface area contributed by atoms with Crippen molar-refractivity contribution in [3.63, 3.8) is 0 Å². The van der Waals surface area contributed by atoms with Crippen LogP contribution in [-0.2, 0) is 0 Å². The van der Waals surface area contributed by atoms with Crippen molar-refractivity contribution in [3.05, 3.63) is 53.6 Å². The monoisotopic (exact) mass is 372 g/mol. The average Bonchev–Trinajstić information content (AvgIpc) is 2.76. The first kappa shape index (κ1) is 19.1. The summed E-state index contributed by atoms with van der Waals surface area (Å²) in [6.45, 7) is 4.35. The van der Waals surface area contributed by atoms with Gasteiger partial charge in [-0.1, -0.05) is 38.8 Å². The van der Waals surface area contributed by atoms with Crippen LogP contribution in [0.3, 0.4) is 0 Å². The molecule has 3 atom stereocenters. The predicted molar refractivity (Wildman–Crippen MR) is 107 cm³/mol. The minimum absolute atomic E-state index is 0.169. The average molecular weight is 373 g/mol. The van der Waals surface area contributed by atoms with Gasteiger partial charge in [-0.05, 0) is 54.3 Å². The van der Waals surface area contributed by atoms with Crippen molar-refractivity contribution < 1.29 is 15.3 Å². The summed E-state index contributed by atoms with van der Waals surface area (Å²) in [7, 11) is 0. The number of aliphatic hydroxyl groups is 1. The Labute approximate surface area is 160 Å². The molecule has 0 aliphatic carbocycles. The van der Waals surface area contributed by atoms with Crippen LogP contribution in [-0.4, -0.2) is 27.2 Å². The van der Waals surface area contributed by atoms with Crippen LogP contribution in [0.1, 0.15) is 56.6 Å². The molecule has 1 aliphatic rings. The summed E-state index contributed by atoms with van der Waals surface area (Å²) in [6, 6.07) is 12.6. The molecule has 0 unspecified atom stereocenters. The van der Waals surface area contributed by atoms with E-state index in [0.717, 1.165) is 47.5 Å². The van der Waals surface area contributed by atoms with Gasteiger partial charge in [-0.2, -0.15) is 0 Å². The summed E-state index contributed by atoms with van der Waals surface area (Å²) in [4.78, 5) is 1.12. The molecule has 0 bridgehead atoms. The largest absolute Gasteiger partial charge is 0.508 e. The second kappa shape index (κ2) is 7.93. The lowest BCUT2D eigenvalue weighted by Gasteiger charge is -2.39. The number of phenols is 2. The van der Waals surface area contributed by atoms with E-state index in [1.807, 2.05) is 18.2 Å². The van der Waals surface area contributed by atoms with E-state index in [0.29, 0.717) is 0 Å². The maximum atomic E-state index is 11.6. The standard InChI is InChI=1S/C22H28O3S/c1-3-5-12-22(4-2)14-26-19-11-10-17(24)13-18(19)20(21(22)25)15-6-8-16(23)9-7-15/h6-11,13,20-21,23-25H,3-5,12,14H2,1-2H3/t20-,21-,22-/m1/s1. The molecule has 0 amide bonds. The Morgan fingerprint density at radius 1 is 1.04 bits per heavy atom. The SMILES string of the molecule is CCCC[C@]1(CC)CSc2ccc(O)cc2[C@@H](c2ccc(O)cc2)[C@H]1O. The Hall–Kier alpha value is -1.65. The number of hydrogen-bond donors (Lipinski definition) is 3. The number of phenolic OH excluding ortho intramolecular Hbond substituents is 2. The first-order valence-electron chi connectivity index (χ1n) is 9.43. The topological polar surface area (TPSA) is 60.7 Å². The maximum Gasteiger partial charge on any atom is 0.115 e. The van der Waals surface area contributed by atoms with E-state index in [1.165, 1.54) is 0 Å². The van der Waals surface area contributed by atoms with Crippen LogP contribution in [0.4, 0.5) is 0 Å². The Bertz CT molecular complexity index is 744. The van der Waals surface area contributed by atoms with Crippen molar-refractivity contribution >= 4 is 11.8 Å². The van der Waals surface area contributed by atoms with Gasteiger partial charge < -0.3 is 15.3 Å². The Balaban J connectivity index is 2.13. The molecule has 26 heavy (non-hydrogen) atoms. The highest BCUT2D eigenvalue weighted by Gasteiger charge is 2.44. The van der Waals surface area contributed by atoms with Gasteiger partial charge >= 0.3 is 0 Å². The summed E-state index contributed by atoms with van der Waals surface area (Å²) in [5.74, 6) is 1.09. The van der Waals surface area contributed by atoms with Crippen LogP contribution in [0.25, 0.3) is 0 Å².